The van der Waals surface area contributed by atoms with Crippen molar-refractivity contribution >= 4 is 18.0 Å². The van der Waals surface area contributed by atoms with Crippen LogP contribution in [-0.2, 0) is 4.79 Å². The Morgan fingerprint density at radius 1 is 1.56 bits per heavy atom. The Morgan fingerprint density at radius 2 is 2.25 bits per heavy atom. The third-order valence-corrected chi connectivity index (χ3v) is 2.09. The molecule has 5 heteroatoms. The summed E-state index contributed by atoms with van der Waals surface area (Å²) in [6.07, 6.45) is 2.45. The predicted octanol–water partition coefficient (Wildman–Crippen LogP) is 0.761. The van der Waals surface area contributed by atoms with Gasteiger partial charge in [-0.25, -0.2) is 4.98 Å². The minimum atomic E-state index is -0.555. The lowest BCUT2D eigenvalue weighted by Crippen LogP contribution is -2.43. The molecule has 0 aliphatic carbocycles. The molecule has 0 atom stereocenters. The Balaban J connectivity index is 2.72. The molecule has 0 fully saturated rings. The van der Waals surface area contributed by atoms with Crippen LogP contribution in [0.3, 0.4) is 0 Å². The number of hydrogen-bond acceptors (Lipinski definition) is 4. The summed E-state index contributed by atoms with van der Waals surface area (Å²) in [6.45, 7) is 3.56. The van der Waals surface area contributed by atoms with Crippen LogP contribution in [0.15, 0.2) is 18.3 Å². The molecule has 1 aromatic rings. The number of nitrogen functional groups attached to an aromatic ring is 1. The molecule has 0 unspecified atom stereocenters. The molecule has 16 heavy (non-hydrogen) atoms. The highest BCUT2D eigenvalue weighted by molar-refractivity contribution is 5.94. The maximum absolute atomic E-state index is 11.7. The molecular weight excluding hydrogens is 206 g/mol. The largest absolute Gasteiger partial charge is 0.384 e. The van der Waals surface area contributed by atoms with Gasteiger partial charge in [0.1, 0.15) is 12.1 Å². The smallest absolute Gasteiger partial charge is 0.253 e. The monoisotopic (exact) mass is 221 g/mol. The molecule has 0 bridgehead atoms. The summed E-state index contributed by atoms with van der Waals surface area (Å²) in [5, 5.41) is 2.74. The predicted molar refractivity (Wildman–Crippen MR) is 60.9 cm³/mol. The molecular formula is C11H15N3O2. The lowest BCUT2D eigenvalue weighted by Gasteiger charge is -2.23. The number of pyridine rings is 1. The molecule has 0 saturated carbocycles. The van der Waals surface area contributed by atoms with Crippen LogP contribution in [0.4, 0.5) is 5.82 Å². The molecule has 3 N–H and O–H groups in total. The van der Waals surface area contributed by atoms with Gasteiger partial charge < -0.3 is 15.8 Å². The van der Waals surface area contributed by atoms with Gasteiger partial charge in [-0.15, -0.1) is 0 Å². The highest BCUT2D eigenvalue weighted by Crippen LogP contribution is 2.08. The zero-order valence-electron chi connectivity index (χ0n) is 9.36. The van der Waals surface area contributed by atoms with E-state index in [0.717, 1.165) is 6.29 Å². The normalized spacial score (nSPS) is 10.9. The SMILES string of the molecule is CC(C)(CC=O)NC(=O)c1ccc(N)nc1. The van der Waals surface area contributed by atoms with Gasteiger partial charge in [-0.2, -0.15) is 0 Å². The van der Waals surface area contributed by atoms with Crippen LogP contribution < -0.4 is 11.1 Å². The van der Waals surface area contributed by atoms with Crippen LogP contribution in [0.1, 0.15) is 30.6 Å². The van der Waals surface area contributed by atoms with Crippen molar-refractivity contribution in [2.24, 2.45) is 0 Å². The zero-order valence-corrected chi connectivity index (χ0v) is 9.36. The third kappa shape index (κ3) is 3.34. The summed E-state index contributed by atoms with van der Waals surface area (Å²) in [4.78, 5) is 26.0. The highest BCUT2D eigenvalue weighted by Gasteiger charge is 2.20. The van der Waals surface area contributed by atoms with E-state index in [4.69, 9.17) is 5.73 Å². The van der Waals surface area contributed by atoms with E-state index in [9.17, 15) is 9.59 Å². The number of aromatic nitrogens is 1. The number of aldehydes is 1. The van der Waals surface area contributed by atoms with E-state index in [-0.39, 0.29) is 12.3 Å². The minimum absolute atomic E-state index is 0.264. The van der Waals surface area contributed by atoms with E-state index >= 15 is 0 Å². The third-order valence-electron chi connectivity index (χ3n) is 2.09. The first-order valence-corrected chi connectivity index (χ1v) is 4.92. The molecule has 1 amide bonds. The Labute approximate surface area is 94.1 Å². The van der Waals surface area contributed by atoms with Crippen LogP contribution in [0, 0.1) is 0 Å². The fraction of sp³-hybridized carbons (Fsp3) is 0.364. The van der Waals surface area contributed by atoms with Gasteiger partial charge in [0.25, 0.3) is 5.91 Å². The lowest BCUT2D eigenvalue weighted by atomic mass is 10.0. The van der Waals surface area contributed by atoms with E-state index < -0.39 is 5.54 Å². The maximum atomic E-state index is 11.7. The van der Waals surface area contributed by atoms with Gasteiger partial charge in [-0.1, -0.05) is 0 Å². The number of rotatable bonds is 4. The quantitative estimate of drug-likeness (QED) is 0.735. The second-order valence-corrected chi connectivity index (χ2v) is 4.18. The van der Waals surface area contributed by atoms with E-state index in [1.54, 1.807) is 26.0 Å². The first-order valence-electron chi connectivity index (χ1n) is 4.92. The molecule has 5 nitrogen and oxygen atoms in total. The fourth-order valence-electron chi connectivity index (χ4n) is 1.18. The van der Waals surface area contributed by atoms with Crippen molar-refractivity contribution in [1.82, 2.24) is 10.3 Å². The van der Waals surface area contributed by atoms with Gasteiger partial charge in [0.05, 0.1) is 5.56 Å². The van der Waals surface area contributed by atoms with Crippen LogP contribution >= 0.6 is 0 Å². The van der Waals surface area contributed by atoms with Crippen molar-refractivity contribution in [2.45, 2.75) is 25.8 Å². The van der Waals surface area contributed by atoms with Gasteiger partial charge in [-0.3, -0.25) is 4.79 Å². The number of hydrogen-bond donors (Lipinski definition) is 2. The number of amides is 1. The van der Waals surface area contributed by atoms with Crippen LogP contribution in [0.5, 0.6) is 0 Å². The van der Waals surface area contributed by atoms with E-state index in [2.05, 4.69) is 10.3 Å². The van der Waals surface area contributed by atoms with Crippen LogP contribution in [0.2, 0.25) is 0 Å². The molecule has 1 rings (SSSR count). The number of carbonyl (C=O) groups is 2. The molecule has 0 aliphatic rings. The van der Waals surface area contributed by atoms with Gasteiger partial charge in [0.15, 0.2) is 0 Å². The number of nitrogens with one attached hydrogen (secondary N) is 1. The minimum Gasteiger partial charge on any atom is -0.384 e. The summed E-state index contributed by atoms with van der Waals surface area (Å²) in [5.41, 5.74) is 5.28. The number of carbonyl (C=O) groups excluding carboxylic acids is 2. The molecule has 0 aromatic carbocycles. The Hall–Kier alpha value is -1.91. The number of nitrogens with zero attached hydrogens (tertiary/aromatic N) is 1. The Bertz CT molecular complexity index is 385. The van der Waals surface area contributed by atoms with Gasteiger partial charge in [0, 0.05) is 18.2 Å². The first-order chi connectivity index (χ1) is 7.44. The summed E-state index contributed by atoms with van der Waals surface area (Å²) < 4.78 is 0. The van der Waals surface area contributed by atoms with Gasteiger partial charge in [0.2, 0.25) is 0 Å². The average molecular weight is 221 g/mol. The summed E-state index contributed by atoms with van der Waals surface area (Å²) in [5.74, 6) is 0.100. The fourth-order valence-corrected chi connectivity index (χ4v) is 1.18. The summed E-state index contributed by atoms with van der Waals surface area (Å²) in [6, 6.07) is 3.15. The van der Waals surface area contributed by atoms with Crippen LogP contribution in [-0.4, -0.2) is 22.7 Å². The van der Waals surface area contributed by atoms with Gasteiger partial charge >= 0.3 is 0 Å². The summed E-state index contributed by atoms with van der Waals surface area (Å²) >= 11 is 0. The van der Waals surface area contributed by atoms with Crippen molar-refractivity contribution in [3.05, 3.63) is 23.9 Å². The topological polar surface area (TPSA) is 85.1 Å². The lowest BCUT2D eigenvalue weighted by molar-refractivity contribution is -0.108. The zero-order chi connectivity index (χ0) is 12.2. The first kappa shape index (κ1) is 12.2. The van der Waals surface area contributed by atoms with E-state index in [1.165, 1.54) is 6.20 Å². The second kappa shape index (κ2) is 4.74. The van der Waals surface area contributed by atoms with Crippen molar-refractivity contribution < 1.29 is 9.59 Å². The number of nitrogens with two attached hydrogens (primary N) is 1. The standard InChI is InChI=1S/C11H15N3O2/c1-11(2,5-6-15)14-10(16)8-3-4-9(12)13-7-8/h3-4,6-7H,5H2,1-2H3,(H2,12,13)(H,14,16). The van der Waals surface area contributed by atoms with Crippen molar-refractivity contribution in [1.29, 1.82) is 0 Å². The molecule has 1 aromatic heterocycles. The molecule has 0 saturated heterocycles. The Morgan fingerprint density at radius 3 is 2.75 bits per heavy atom. The molecule has 0 aliphatic heterocycles. The van der Waals surface area contributed by atoms with Crippen molar-refractivity contribution in [3.63, 3.8) is 0 Å². The van der Waals surface area contributed by atoms with Crippen LogP contribution in [0.25, 0.3) is 0 Å². The van der Waals surface area contributed by atoms with Gasteiger partial charge in [-0.05, 0) is 26.0 Å². The van der Waals surface area contributed by atoms with Crippen molar-refractivity contribution in [2.75, 3.05) is 5.73 Å². The second-order valence-electron chi connectivity index (χ2n) is 4.18. The molecule has 86 valence electrons. The molecule has 0 spiro atoms. The molecule has 1 heterocycles. The number of anilines is 1. The van der Waals surface area contributed by atoms with Crippen molar-refractivity contribution in [3.8, 4) is 0 Å². The average Bonchev–Trinajstić information content (AvgIpc) is 2.17. The molecule has 0 radical (unpaired) electrons. The highest BCUT2D eigenvalue weighted by atomic mass is 16.2. The van der Waals surface area contributed by atoms with E-state index in [1.807, 2.05) is 0 Å². The maximum Gasteiger partial charge on any atom is 0.253 e. The van der Waals surface area contributed by atoms with E-state index in [0.29, 0.717) is 11.4 Å². The summed E-state index contributed by atoms with van der Waals surface area (Å²) in [7, 11) is 0. The Kier molecular flexibility index (Phi) is 3.60.